The topological polar surface area (TPSA) is 138 Å². The predicted octanol–water partition coefficient (Wildman–Crippen LogP) is -7.62. The molecule has 0 rings (SSSR count). The zero-order chi connectivity index (χ0) is 10.6. The van der Waals surface area contributed by atoms with E-state index >= 15 is 0 Å². The molecular weight excluding hydrogens is 223 g/mol. The first-order chi connectivity index (χ1) is 5.91. The van der Waals surface area contributed by atoms with Crippen LogP contribution in [0.15, 0.2) is 0 Å². The fourth-order valence-corrected chi connectivity index (χ4v) is 0.609. The van der Waals surface area contributed by atoms with Crippen molar-refractivity contribution < 1.29 is 86.5 Å². The van der Waals surface area contributed by atoms with E-state index in [1.54, 1.807) is 0 Å². The third-order valence-electron chi connectivity index (χ3n) is 1.40. The quantitative estimate of drug-likeness (QED) is 0.273. The third kappa shape index (κ3) is 4.91. The number of aliphatic hydroxyl groups excluding tert-OH is 4. The summed E-state index contributed by atoms with van der Waals surface area (Å²) in [6.07, 6.45) is -8.65. The van der Waals surface area contributed by atoms with Crippen LogP contribution in [-0.4, -0.2) is 57.1 Å². The standard InChI is InChI=1S/C6H10O7.K/c7-1-2(8)3(9)4(10)5(11)6(12)13;/h1-5,8-11H,(H,12,13);/q;+1/p-1/t2-,3+,4-,5-;/m1./s1. The van der Waals surface area contributed by atoms with Crippen molar-refractivity contribution in [3.63, 3.8) is 0 Å². The minimum Gasteiger partial charge on any atom is -0.547 e. The summed E-state index contributed by atoms with van der Waals surface area (Å²) in [5.74, 6) is -2.01. The minimum atomic E-state index is -2.36. The van der Waals surface area contributed by atoms with Gasteiger partial charge in [0.15, 0.2) is 6.29 Å². The molecule has 0 fully saturated rings. The van der Waals surface area contributed by atoms with E-state index in [0.29, 0.717) is 0 Å². The van der Waals surface area contributed by atoms with Crippen LogP contribution in [-0.2, 0) is 9.59 Å². The Kier molecular flexibility index (Phi) is 9.55. The first-order valence-electron chi connectivity index (χ1n) is 3.30. The van der Waals surface area contributed by atoms with Gasteiger partial charge in [0.25, 0.3) is 0 Å². The van der Waals surface area contributed by atoms with Gasteiger partial charge in [-0.05, 0) is 0 Å². The molecule has 0 aliphatic rings. The van der Waals surface area contributed by atoms with E-state index in [1.165, 1.54) is 0 Å². The molecule has 0 aliphatic carbocycles. The van der Waals surface area contributed by atoms with Gasteiger partial charge in [0, 0.05) is 0 Å². The average Bonchev–Trinajstić information content (AvgIpc) is 2.12. The maximum atomic E-state index is 9.95. The van der Waals surface area contributed by atoms with E-state index in [0.717, 1.165) is 0 Å². The molecule has 14 heavy (non-hydrogen) atoms. The Morgan fingerprint density at radius 1 is 1.14 bits per heavy atom. The summed E-state index contributed by atoms with van der Waals surface area (Å²) in [7, 11) is 0. The van der Waals surface area contributed by atoms with Crippen LogP contribution < -0.4 is 56.5 Å². The molecule has 0 saturated carbocycles. The van der Waals surface area contributed by atoms with Crippen molar-refractivity contribution in [1.29, 1.82) is 0 Å². The predicted molar refractivity (Wildman–Crippen MR) is 35.1 cm³/mol. The average molecular weight is 232 g/mol. The Balaban J connectivity index is 0. The number of carbonyl (C=O) groups excluding carboxylic acids is 2. The molecule has 4 N–H and O–H groups in total. The van der Waals surface area contributed by atoms with Crippen LogP contribution >= 0.6 is 0 Å². The molecule has 0 saturated heterocycles. The van der Waals surface area contributed by atoms with Crippen molar-refractivity contribution in [2.75, 3.05) is 0 Å². The summed E-state index contributed by atoms with van der Waals surface area (Å²) in [6.45, 7) is 0. The van der Waals surface area contributed by atoms with Crippen molar-refractivity contribution in [2.45, 2.75) is 24.4 Å². The maximum absolute atomic E-state index is 9.95. The first kappa shape index (κ1) is 17.0. The molecule has 8 heteroatoms. The second-order valence-electron chi connectivity index (χ2n) is 2.37. The molecule has 0 heterocycles. The van der Waals surface area contributed by atoms with Gasteiger partial charge in [0.2, 0.25) is 0 Å². The van der Waals surface area contributed by atoms with Gasteiger partial charge in [-0.3, -0.25) is 0 Å². The summed E-state index contributed by atoms with van der Waals surface area (Å²) in [5.41, 5.74) is 0. The maximum Gasteiger partial charge on any atom is 1.00 e. The van der Waals surface area contributed by atoms with Gasteiger partial charge in [-0.2, -0.15) is 0 Å². The van der Waals surface area contributed by atoms with Crippen molar-refractivity contribution in [3.05, 3.63) is 0 Å². The summed E-state index contributed by atoms with van der Waals surface area (Å²) in [4.78, 5) is 19.8. The van der Waals surface area contributed by atoms with Gasteiger partial charge >= 0.3 is 51.4 Å². The molecule has 0 aliphatic heterocycles. The third-order valence-corrected chi connectivity index (χ3v) is 1.40. The SMILES string of the molecule is O=C[C@@H](O)[C@H](O)[C@@H](O)[C@@H](O)C(=O)[O-].[K+]. The molecular formula is C6H9KO7. The van der Waals surface area contributed by atoms with E-state index in [9.17, 15) is 14.7 Å². The molecule has 0 spiro atoms. The molecule has 7 nitrogen and oxygen atoms in total. The fraction of sp³-hybridized carbons (Fsp3) is 0.667. The number of aliphatic hydroxyl groups is 4. The van der Waals surface area contributed by atoms with Gasteiger partial charge < -0.3 is 35.1 Å². The van der Waals surface area contributed by atoms with Crippen LogP contribution in [0.25, 0.3) is 0 Å². The fourth-order valence-electron chi connectivity index (χ4n) is 0.609. The van der Waals surface area contributed by atoms with Gasteiger partial charge in [-0.15, -0.1) is 0 Å². The normalized spacial score (nSPS) is 18.6. The van der Waals surface area contributed by atoms with Crippen LogP contribution in [0.2, 0.25) is 0 Å². The monoisotopic (exact) mass is 232 g/mol. The number of carbonyl (C=O) groups is 2. The molecule has 0 amide bonds. The van der Waals surface area contributed by atoms with Crippen LogP contribution in [0, 0.1) is 0 Å². The Hall–Kier alpha value is 0.616. The summed E-state index contributed by atoms with van der Waals surface area (Å²) in [6, 6.07) is 0. The number of hydrogen-bond donors (Lipinski definition) is 4. The number of rotatable bonds is 5. The molecule has 0 aromatic rings. The van der Waals surface area contributed by atoms with Crippen molar-refractivity contribution >= 4 is 12.3 Å². The Morgan fingerprint density at radius 3 is 1.86 bits per heavy atom. The number of hydrogen-bond acceptors (Lipinski definition) is 7. The van der Waals surface area contributed by atoms with Crippen molar-refractivity contribution in [1.82, 2.24) is 0 Å². The van der Waals surface area contributed by atoms with Gasteiger partial charge in [-0.25, -0.2) is 0 Å². The number of aliphatic carboxylic acids is 1. The zero-order valence-corrected chi connectivity index (χ0v) is 10.5. The van der Waals surface area contributed by atoms with E-state index in [2.05, 4.69) is 0 Å². The Labute approximate surface area is 122 Å². The molecule has 0 aromatic carbocycles. The first-order valence-corrected chi connectivity index (χ1v) is 3.30. The van der Waals surface area contributed by atoms with E-state index in [-0.39, 0.29) is 57.7 Å². The summed E-state index contributed by atoms with van der Waals surface area (Å²) >= 11 is 0. The number of aldehydes is 1. The molecule has 0 bridgehead atoms. The van der Waals surface area contributed by atoms with Crippen LogP contribution in [0.4, 0.5) is 0 Å². The second kappa shape index (κ2) is 7.85. The molecule has 4 atom stereocenters. The van der Waals surface area contributed by atoms with Gasteiger partial charge in [0.1, 0.15) is 24.4 Å². The van der Waals surface area contributed by atoms with Crippen LogP contribution in [0.1, 0.15) is 0 Å². The van der Waals surface area contributed by atoms with Gasteiger partial charge in [0.05, 0.1) is 5.97 Å². The van der Waals surface area contributed by atoms with E-state index < -0.39 is 30.4 Å². The Bertz CT molecular complexity index is 197. The summed E-state index contributed by atoms with van der Waals surface area (Å²) < 4.78 is 0. The zero-order valence-electron chi connectivity index (χ0n) is 7.40. The summed E-state index contributed by atoms with van der Waals surface area (Å²) in [5, 5.41) is 44.8. The molecule has 76 valence electrons. The Morgan fingerprint density at radius 2 is 1.57 bits per heavy atom. The second-order valence-corrected chi connectivity index (χ2v) is 2.37. The van der Waals surface area contributed by atoms with Crippen LogP contribution in [0.3, 0.4) is 0 Å². The minimum absolute atomic E-state index is 0. The van der Waals surface area contributed by atoms with E-state index in [4.69, 9.17) is 20.4 Å². The van der Waals surface area contributed by atoms with Gasteiger partial charge in [-0.1, -0.05) is 0 Å². The smallest absolute Gasteiger partial charge is 0.547 e. The van der Waals surface area contributed by atoms with Crippen LogP contribution in [0.5, 0.6) is 0 Å². The number of carboxylic acids is 1. The number of carboxylic acid groups (broad SMARTS) is 1. The van der Waals surface area contributed by atoms with Crippen molar-refractivity contribution in [2.24, 2.45) is 0 Å². The molecule has 0 aromatic heterocycles. The molecule has 0 unspecified atom stereocenters. The van der Waals surface area contributed by atoms with E-state index in [1.807, 2.05) is 0 Å². The molecule has 0 radical (unpaired) electrons. The largest absolute Gasteiger partial charge is 1.00 e. The van der Waals surface area contributed by atoms with Crippen molar-refractivity contribution in [3.8, 4) is 0 Å².